The van der Waals surface area contributed by atoms with Crippen LogP contribution < -0.4 is 4.90 Å². The van der Waals surface area contributed by atoms with E-state index in [2.05, 4.69) is 21.1 Å². The van der Waals surface area contributed by atoms with Gasteiger partial charge in [-0.05, 0) is 38.8 Å². The second-order valence-electron chi connectivity index (χ2n) is 7.73. The third kappa shape index (κ3) is 3.27. The van der Waals surface area contributed by atoms with E-state index in [1.807, 2.05) is 24.8 Å². The van der Waals surface area contributed by atoms with Gasteiger partial charge < -0.3 is 14.3 Å². The van der Waals surface area contributed by atoms with Gasteiger partial charge in [0.25, 0.3) is 0 Å². The summed E-state index contributed by atoms with van der Waals surface area (Å²) in [6, 6.07) is 5.72. The van der Waals surface area contributed by atoms with E-state index in [1.165, 1.54) is 0 Å². The SMILES string of the molecule is Cc1noc(C)c1CN1CC2(CCN(c3cc(C#N)ccn3)CC2)CC1=O. The number of nitriles is 1. The number of piperidine rings is 1. The van der Waals surface area contributed by atoms with Crippen molar-refractivity contribution in [2.75, 3.05) is 24.5 Å². The van der Waals surface area contributed by atoms with Gasteiger partial charge in [-0.1, -0.05) is 5.16 Å². The molecule has 2 aliphatic heterocycles. The Balaban J connectivity index is 1.43. The second kappa shape index (κ2) is 6.69. The third-order valence-electron chi connectivity index (χ3n) is 5.96. The van der Waals surface area contributed by atoms with Crippen LogP contribution in [0.25, 0.3) is 0 Å². The predicted octanol–water partition coefficient (Wildman–Crippen LogP) is 2.58. The number of anilines is 1. The van der Waals surface area contributed by atoms with Crippen molar-refractivity contribution in [3.05, 3.63) is 40.9 Å². The number of aryl methyl sites for hydroxylation is 2. The van der Waals surface area contributed by atoms with Gasteiger partial charge in [0.05, 0.1) is 23.9 Å². The molecule has 4 heterocycles. The van der Waals surface area contributed by atoms with Gasteiger partial charge in [-0.25, -0.2) is 4.98 Å². The lowest BCUT2D eigenvalue weighted by molar-refractivity contribution is -0.128. The van der Waals surface area contributed by atoms with Crippen LogP contribution in [-0.2, 0) is 11.3 Å². The Labute approximate surface area is 158 Å². The molecule has 27 heavy (non-hydrogen) atoms. The van der Waals surface area contributed by atoms with Crippen molar-refractivity contribution in [2.45, 2.75) is 39.7 Å². The molecule has 2 aliphatic rings. The normalized spacial score (nSPS) is 18.9. The number of rotatable bonds is 3. The average molecular weight is 365 g/mol. The standard InChI is InChI=1S/C20H23N5O2/c1-14-17(15(2)27-23-14)12-25-13-20(10-19(25)26)4-7-24(8-5-20)18-9-16(11-21)3-6-22-18/h3,6,9H,4-5,7-8,10,12-13H2,1-2H3. The molecule has 0 aliphatic carbocycles. The number of pyridine rings is 1. The van der Waals surface area contributed by atoms with E-state index in [0.717, 1.165) is 55.3 Å². The molecule has 7 nitrogen and oxygen atoms in total. The number of carbonyl (C=O) groups is 1. The number of carbonyl (C=O) groups excluding carboxylic acids is 1. The van der Waals surface area contributed by atoms with Gasteiger partial charge in [0.1, 0.15) is 11.6 Å². The van der Waals surface area contributed by atoms with Gasteiger partial charge >= 0.3 is 0 Å². The molecule has 0 saturated carbocycles. The first-order chi connectivity index (χ1) is 13.0. The quantitative estimate of drug-likeness (QED) is 0.831. The summed E-state index contributed by atoms with van der Waals surface area (Å²) in [5.74, 6) is 1.85. The fourth-order valence-electron chi connectivity index (χ4n) is 4.25. The smallest absolute Gasteiger partial charge is 0.223 e. The van der Waals surface area contributed by atoms with Crippen molar-refractivity contribution in [3.8, 4) is 6.07 Å². The Morgan fingerprint density at radius 3 is 2.78 bits per heavy atom. The first kappa shape index (κ1) is 17.5. The Morgan fingerprint density at radius 1 is 1.33 bits per heavy atom. The molecular formula is C20H23N5O2. The van der Waals surface area contributed by atoms with E-state index in [-0.39, 0.29) is 11.3 Å². The van der Waals surface area contributed by atoms with Gasteiger partial charge in [-0.3, -0.25) is 4.79 Å². The second-order valence-corrected chi connectivity index (χ2v) is 7.73. The summed E-state index contributed by atoms with van der Waals surface area (Å²) < 4.78 is 5.24. The molecular weight excluding hydrogens is 342 g/mol. The van der Waals surface area contributed by atoms with Crippen LogP contribution in [-0.4, -0.2) is 40.6 Å². The molecule has 2 aromatic heterocycles. The summed E-state index contributed by atoms with van der Waals surface area (Å²) in [4.78, 5) is 21.2. The highest BCUT2D eigenvalue weighted by Crippen LogP contribution is 2.42. The van der Waals surface area contributed by atoms with E-state index < -0.39 is 0 Å². The molecule has 2 aromatic rings. The van der Waals surface area contributed by atoms with E-state index in [0.29, 0.717) is 18.5 Å². The fourth-order valence-corrected chi connectivity index (χ4v) is 4.25. The number of hydrogen-bond acceptors (Lipinski definition) is 6. The molecule has 0 N–H and O–H groups in total. The van der Waals surface area contributed by atoms with Crippen LogP contribution in [0.3, 0.4) is 0 Å². The maximum absolute atomic E-state index is 12.6. The van der Waals surface area contributed by atoms with Crippen LogP contribution in [0.2, 0.25) is 0 Å². The first-order valence-electron chi connectivity index (χ1n) is 9.30. The summed E-state index contributed by atoms with van der Waals surface area (Å²) >= 11 is 0. The molecule has 140 valence electrons. The molecule has 0 aromatic carbocycles. The van der Waals surface area contributed by atoms with Gasteiger partial charge in [0.15, 0.2) is 0 Å². The molecule has 1 amide bonds. The topological polar surface area (TPSA) is 86.3 Å². The van der Waals surface area contributed by atoms with Gasteiger partial charge in [0, 0.05) is 43.2 Å². The van der Waals surface area contributed by atoms with Crippen LogP contribution >= 0.6 is 0 Å². The minimum Gasteiger partial charge on any atom is -0.361 e. The highest BCUT2D eigenvalue weighted by atomic mass is 16.5. The van der Waals surface area contributed by atoms with E-state index in [4.69, 9.17) is 9.78 Å². The maximum atomic E-state index is 12.6. The van der Waals surface area contributed by atoms with Crippen molar-refractivity contribution in [2.24, 2.45) is 5.41 Å². The van der Waals surface area contributed by atoms with Crippen LogP contribution in [0.1, 0.15) is 41.8 Å². The lowest BCUT2D eigenvalue weighted by atomic mass is 9.77. The van der Waals surface area contributed by atoms with E-state index in [1.54, 1.807) is 12.3 Å². The minimum atomic E-state index is 0.0411. The predicted molar refractivity (Wildman–Crippen MR) is 98.8 cm³/mol. The van der Waals surface area contributed by atoms with E-state index in [9.17, 15) is 4.79 Å². The molecule has 0 unspecified atom stereocenters. The largest absolute Gasteiger partial charge is 0.361 e. The molecule has 2 saturated heterocycles. The van der Waals surface area contributed by atoms with Crippen molar-refractivity contribution < 1.29 is 9.32 Å². The van der Waals surface area contributed by atoms with Crippen LogP contribution in [0, 0.1) is 30.6 Å². The maximum Gasteiger partial charge on any atom is 0.223 e. The van der Waals surface area contributed by atoms with Crippen LogP contribution in [0.15, 0.2) is 22.9 Å². The Hall–Kier alpha value is -2.88. The molecule has 0 atom stereocenters. The molecule has 2 fully saturated rings. The number of aromatic nitrogens is 2. The lowest BCUT2D eigenvalue weighted by Gasteiger charge is -2.39. The molecule has 4 rings (SSSR count). The van der Waals surface area contributed by atoms with Crippen molar-refractivity contribution in [1.82, 2.24) is 15.0 Å². The van der Waals surface area contributed by atoms with Gasteiger partial charge in [0.2, 0.25) is 5.91 Å². The number of nitrogens with zero attached hydrogens (tertiary/aromatic N) is 5. The van der Waals surface area contributed by atoms with E-state index >= 15 is 0 Å². The summed E-state index contributed by atoms with van der Waals surface area (Å²) in [5, 5.41) is 13.1. The zero-order chi connectivity index (χ0) is 19.0. The van der Waals surface area contributed by atoms with Crippen molar-refractivity contribution in [3.63, 3.8) is 0 Å². The minimum absolute atomic E-state index is 0.0411. The van der Waals surface area contributed by atoms with Crippen LogP contribution in [0.4, 0.5) is 5.82 Å². The number of amides is 1. The number of likely N-dealkylation sites (tertiary alicyclic amines) is 1. The summed E-state index contributed by atoms with van der Waals surface area (Å²) in [7, 11) is 0. The Bertz CT molecular complexity index is 886. The Kier molecular flexibility index (Phi) is 4.34. The van der Waals surface area contributed by atoms with Gasteiger partial charge in [-0.15, -0.1) is 0 Å². The zero-order valence-electron chi connectivity index (χ0n) is 15.7. The zero-order valence-corrected chi connectivity index (χ0v) is 15.7. The molecule has 7 heteroatoms. The monoisotopic (exact) mass is 365 g/mol. The summed E-state index contributed by atoms with van der Waals surface area (Å²) in [5.41, 5.74) is 2.55. The number of hydrogen-bond donors (Lipinski definition) is 0. The first-order valence-corrected chi connectivity index (χ1v) is 9.30. The summed E-state index contributed by atoms with van der Waals surface area (Å²) in [6.45, 7) is 6.89. The highest BCUT2D eigenvalue weighted by Gasteiger charge is 2.45. The van der Waals surface area contributed by atoms with Gasteiger partial charge in [-0.2, -0.15) is 5.26 Å². The lowest BCUT2D eigenvalue weighted by Crippen LogP contribution is -2.42. The highest BCUT2D eigenvalue weighted by molar-refractivity contribution is 5.79. The van der Waals surface area contributed by atoms with Crippen molar-refractivity contribution in [1.29, 1.82) is 5.26 Å². The molecule has 0 bridgehead atoms. The molecule has 1 spiro atoms. The average Bonchev–Trinajstić information content (AvgIpc) is 3.16. The fraction of sp³-hybridized carbons (Fsp3) is 0.500. The Morgan fingerprint density at radius 2 is 2.11 bits per heavy atom. The van der Waals surface area contributed by atoms with Crippen LogP contribution in [0.5, 0.6) is 0 Å². The summed E-state index contributed by atoms with van der Waals surface area (Å²) in [6.07, 6.45) is 4.20. The molecule has 0 radical (unpaired) electrons. The van der Waals surface area contributed by atoms with Crippen molar-refractivity contribution >= 4 is 11.7 Å². The third-order valence-corrected chi connectivity index (χ3v) is 5.96.